The lowest BCUT2D eigenvalue weighted by molar-refractivity contribution is 0.147. The van der Waals surface area contributed by atoms with Crippen molar-refractivity contribution in [3.05, 3.63) is 12.2 Å². The SMILES string of the molecule is C/C=C/CN1CC(C2CC2)NCC1C. The third-order valence-electron chi connectivity index (χ3n) is 3.50. The van der Waals surface area contributed by atoms with Crippen molar-refractivity contribution < 1.29 is 0 Å². The zero-order valence-corrected chi connectivity index (χ0v) is 9.37. The Morgan fingerprint density at radius 2 is 2.21 bits per heavy atom. The van der Waals surface area contributed by atoms with Gasteiger partial charge in [-0.2, -0.15) is 0 Å². The minimum Gasteiger partial charge on any atom is -0.311 e. The molecular weight excluding hydrogens is 172 g/mol. The Morgan fingerprint density at radius 3 is 2.86 bits per heavy atom. The number of hydrogen-bond donors (Lipinski definition) is 1. The van der Waals surface area contributed by atoms with E-state index in [1.807, 2.05) is 0 Å². The van der Waals surface area contributed by atoms with E-state index in [1.54, 1.807) is 0 Å². The fourth-order valence-electron chi connectivity index (χ4n) is 2.26. The van der Waals surface area contributed by atoms with Crippen molar-refractivity contribution in [1.82, 2.24) is 10.2 Å². The van der Waals surface area contributed by atoms with E-state index in [0.29, 0.717) is 6.04 Å². The largest absolute Gasteiger partial charge is 0.311 e. The minimum atomic E-state index is 0.696. The van der Waals surface area contributed by atoms with Gasteiger partial charge in [-0.1, -0.05) is 12.2 Å². The lowest BCUT2D eigenvalue weighted by Gasteiger charge is -2.38. The van der Waals surface area contributed by atoms with Gasteiger partial charge < -0.3 is 5.32 Å². The van der Waals surface area contributed by atoms with E-state index < -0.39 is 0 Å². The molecule has 2 rings (SSSR count). The molecule has 1 heterocycles. The molecule has 2 nitrogen and oxygen atoms in total. The second-order valence-corrected chi connectivity index (χ2v) is 4.72. The van der Waals surface area contributed by atoms with Crippen LogP contribution in [0.3, 0.4) is 0 Å². The first-order valence-corrected chi connectivity index (χ1v) is 5.90. The van der Waals surface area contributed by atoms with E-state index in [-0.39, 0.29) is 0 Å². The Kier molecular flexibility index (Phi) is 3.24. The van der Waals surface area contributed by atoms with Crippen LogP contribution in [-0.2, 0) is 0 Å². The maximum Gasteiger partial charge on any atom is 0.0224 e. The molecule has 2 atom stereocenters. The van der Waals surface area contributed by atoms with Gasteiger partial charge in [-0.3, -0.25) is 4.90 Å². The van der Waals surface area contributed by atoms with Crippen molar-refractivity contribution in [3.63, 3.8) is 0 Å². The van der Waals surface area contributed by atoms with Crippen LogP contribution in [0.5, 0.6) is 0 Å². The van der Waals surface area contributed by atoms with Crippen molar-refractivity contribution in [3.8, 4) is 0 Å². The number of nitrogens with one attached hydrogen (secondary N) is 1. The van der Waals surface area contributed by atoms with Crippen LogP contribution in [0.2, 0.25) is 0 Å². The minimum absolute atomic E-state index is 0.696. The molecule has 0 aromatic carbocycles. The Hall–Kier alpha value is -0.340. The Balaban J connectivity index is 1.85. The second kappa shape index (κ2) is 4.45. The summed E-state index contributed by atoms with van der Waals surface area (Å²) in [6.45, 7) is 7.96. The van der Waals surface area contributed by atoms with Gasteiger partial charge in [-0.05, 0) is 32.6 Å². The first kappa shape index (κ1) is 10.2. The summed E-state index contributed by atoms with van der Waals surface area (Å²) in [4.78, 5) is 2.60. The molecule has 0 aromatic heterocycles. The highest BCUT2D eigenvalue weighted by molar-refractivity contribution is 4.95. The molecule has 2 aliphatic rings. The van der Waals surface area contributed by atoms with Crippen molar-refractivity contribution in [2.24, 2.45) is 5.92 Å². The van der Waals surface area contributed by atoms with E-state index in [4.69, 9.17) is 0 Å². The molecule has 80 valence electrons. The summed E-state index contributed by atoms with van der Waals surface area (Å²) in [6, 6.07) is 1.47. The highest BCUT2D eigenvalue weighted by Gasteiger charge is 2.35. The van der Waals surface area contributed by atoms with Crippen molar-refractivity contribution in [1.29, 1.82) is 0 Å². The fourth-order valence-corrected chi connectivity index (χ4v) is 2.26. The molecule has 1 aliphatic heterocycles. The molecule has 0 spiro atoms. The summed E-state index contributed by atoms with van der Waals surface area (Å²) in [5.74, 6) is 0.982. The lowest BCUT2D eigenvalue weighted by atomic mass is 10.1. The standard InChI is InChI=1S/C12H22N2/c1-3-4-7-14-9-12(11-5-6-11)13-8-10(14)2/h3-4,10-13H,5-9H2,1-2H3/b4-3+. The smallest absolute Gasteiger partial charge is 0.0224 e. The number of rotatable bonds is 3. The summed E-state index contributed by atoms with van der Waals surface area (Å²) in [5, 5.41) is 3.67. The number of piperazine rings is 1. The first-order chi connectivity index (χ1) is 6.81. The van der Waals surface area contributed by atoms with Crippen LogP contribution < -0.4 is 5.32 Å². The van der Waals surface area contributed by atoms with Crippen LogP contribution in [0.15, 0.2) is 12.2 Å². The highest BCUT2D eigenvalue weighted by atomic mass is 15.2. The maximum absolute atomic E-state index is 3.67. The van der Waals surface area contributed by atoms with Gasteiger partial charge in [0.2, 0.25) is 0 Å². The third kappa shape index (κ3) is 2.37. The normalized spacial score (nSPS) is 35.3. The van der Waals surface area contributed by atoms with Crippen molar-refractivity contribution >= 4 is 0 Å². The highest BCUT2D eigenvalue weighted by Crippen LogP contribution is 2.34. The van der Waals surface area contributed by atoms with Gasteiger partial charge in [0.05, 0.1) is 0 Å². The van der Waals surface area contributed by atoms with Gasteiger partial charge in [-0.15, -0.1) is 0 Å². The van der Waals surface area contributed by atoms with Crippen molar-refractivity contribution in [2.75, 3.05) is 19.6 Å². The predicted octanol–water partition coefficient (Wildman–Crippen LogP) is 1.63. The van der Waals surface area contributed by atoms with Crippen LogP contribution in [0.25, 0.3) is 0 Å². The monoisotopic (exact) mass is 194 g/mol. The second-order valence-electron chi connectivity index (χ2n) is 4.72. The zero-order chi connectivity index (χ0) is 9.97. The van der Waals surface area contributed by atoms with E-state index in [1.165, 1.54) is 25.9 Å². The summed E-state index contributed by atoms with van der Waals surface area (Å²) in [6.07, 6.45) is 7.32. The van der Waals surface area contributed by atoms with E-state index in [9.17, 15) is 0 Å². The van der Waals surface area contributed by atoms with Gasteiger partial charge in [-0.25, -0.2) is 0 Å². The van der Waals surface area contributed by atoms with Crippen LogP contribution in [-0.4, -0.2) is 36.6 Å². The molecule has 2 heteroatoms. The molecule has 2 unspecified atom stereocenters. The fraction of sp³-hybridized carbons (Fsp3) is 0.833. The van der Waals surface area contributed by atoms with Crippen LogP contribution in [0, 0.1) is 5.92 Å². The molecule has 0 aromatic rings. The average Bonchev–Trinajstić information content (AvgIpc) is 3.00. The van der Waals surface area contributed by atoms with Gasteiger partial charge >= 0.3 is 0 Å². The van der Waals surface area contributed by atoms with Gasteiger partial charge in [0, 0.05) is 31.7 Å². The molecule has 1 saturated heterocycles. The average molecular weight is 194 g/mol. The first-order valence-electron chi connectivity index (χ1n) is 5.90. The Labute approximate surface area is 87.4 Å². The molecular formula is C12H22N2. The summed E-state index contributed by atoms with van der Waals surface area (Å²) >= 11 is 0. The van der Waals surface area contributed by atoms with Gasteiger partial charge in [0.1, 0.15) is 0 Å². The number of hydrogen-bond acceptors (Lipinski definition) is 2. The molecule has 1 saturated carbocycles. The van der Waals surface area contributed by atoms with Crippen LogP contribution in [0.4, 0.5) is 0 Å². The summed E-state index contributed by atoms with van der Waals surface area (Å²) in [7, 11) is 0. The van der Waals surface area contributed by atoms with E-state index in [0.717, 1.165) is 18.5 Å². The Morgan fingerprint density at radius 1 is 1.43 bits per heavy atom. The molecule has 2 fully saturated rings. The third-order valence-corrected chi connectivity index (χ3v) is 3.50. The predicted molar refractivity (Wildman–Crippen MR) is 60.4 cm³/mol. The van der Waals surface area contributed by atoms with E-state index in [2.05, 4.69) is 36.2 Å². The summed E-state index contributed by atoms with van der Waals surface area (Å²) < 4.78 is 0. The zero-order valence-electron chi connectivity index (χ0n) is 9.37. The van der Waals surface area contributed by atoms with Crippen molar-refractivity contribution in [2.45, 2.75) is 38.8 Å². The van der Waals surface area contributed by atoms with Crippen LogP contribution in [0.1, 0.15) is 26.7 Å². The lowest BCUT2D eigenvalue weighted by Crippen LogP contribution is -2.56. The van der Waals surface area contributed by atoms with E-state index >= 15 is 0 Å². The molecule has 0 bridgehead atoms. The quantitative estimate of drug-likeness (QED) is 0.687. The molecule has 0 radical (unpaired) electrons. The summed E-state index contributed by atoms with van der Waals surface area (Å²) in [5.41, 5.74) is 0. The Bertz CT molecular complexity index is 208. The number of allylic oxidation sites excluding steroid dienone is 1. The molecule has 14 heavy (non-hydrogen) atoms. The maximum atomic E-state index is 3.67. The molecule has 1 aliphatic carbocycles. The van der Waals surface area contributed by atoms with Gasteiger partial charge in [0.25, 0.3) is 0 Å². The van der Waals surface area contributed by atoms with Gasteiger partial charge in [0.15, 0.2) is 0 Å². The molecule has 0 amide bonds. The molecule has 1 N–H and O–H groups in total. The topological polar surface area (TPSA) is 15.3 Å². The van der Waals surface area contributed by atoms with Crippen LogP contribution >= 0.6 is 0 Å². The number of nitrogens with zero attached hydrogens (tertiary/aromatic N) is 1.